The molecule has 1 atom stereocenters. The topological polar surface area (TPSA) is 85.2 Å². The van der Waals surface area contributed by atoms with E-state index >= 15 is 0 Å². The van der Waals surface area contributed by atoms with Crippen LogP contribution in [0.2, 0.25) is 0 Å². The van der Waals surface area contributed by atoms with E-state index in [2.05, 4.69) is 14.8 Å². The fraction of sp³-hybridized carbons (Fsp3) is 0.550. The van der Waals surface area contributed by atoms with Crippen LogP contribution in [0, 0.1) is 0 Å². The highest BCUT2D eigenvalue weighted by atomic mass is 32.2. The van der Waals surface area contributed by atoms with E-state index in [-0.39, 0.29) is 16.7 Å². The van der Waals surface area contributed by atoms with Crippen LogP contribution < -0.4 is 0 Å². The fourth-order valence-electron chi connectivity index (χ4n) is 4.21. The molecule has 1 saturated heterocycles. The molecule has 1 aromatic heterocycles. The van der Waals surface area contributed by atoms with E-state index in [0.29, 0.717) is 18.7 Å². The van der Waals surface area contributed by atoms with Gasteiger partial charge in [-0.15, -0.1) is 10.2 Å². The first-order valence-electron chi connectivity index (χ1n) is 9.95. The number of amides is 1. The van der Waals surface area contributed by atoms with Crippen molar-refractivity contribution in [3.63, 3.8) is 0 Å². The van der Waals surface area contributed by atoms with E-state index in [4.69, 9.17) is 0 Å². The van der Waals surface area contributed by atoms with Crippen LogP contribution >= 0.6 is 0 Å². The Morgan fingerprint density at radius 1 is 1.04 bits per heavy atom. The predicted molar refractivity (Wildman–Crippen MR) is 105 cm³/mol. The average molecular weight is 403 g/mol. The lowest BCUT2D eigenvalue weighted by atomic mass is 9.96. The minimum Gasteiger partial charge on any atom is -0.338 e. The van der Waals surface area contributed by atoms with Crippen molar-refractivity contribution in [3.05, 3.63) is 41.5 Å². The number of aromatic nitrogens is 3. The number of hydrogen-bond acceptors (Lipinski definition) is 5. The monoisotopic (exact) mass is 402 g/mol. The number of aryl methyl sites for hydroxylation is 1. The molecule has 0 bridgehead atoms. The lowest BCUT2D eigenvalue weighted by Gasteiger charge is -2.32. The Morgan fingerprint density at radius 3 is 2.57 bits per heavy atom. The zero-order valence-electron chi connectivity index (χ0n) is 16.2. The molecule has 2 aliphatic rings. The molecule has 2 aliphatic heterocycles. The number of carbonyl (C=O) groups excluding carboxylic acids is 1. The summed E-state index contributed by atoms with van der Waals surface area (Å²) in [5.74, 6) is 2.24. The van der Waals surface area contributed by atoms with Gasteiger partial charge in [-0.05, 0) is 49.9 Å². The van der Waals surface area contributed by atoms with Crippen LogP contribution in [-0.4, -0.2) is 53.3 Å². The number of likely N-dealkylation sites (tertiary alicyclic amines) is 1. The van der Waals surface area contributed by atoms with Crippen molar-refractivity contribution < 1.29 is 13.2 Å². The highest BCUT2D eigenvalue weighted by Gasteiger charge is 2.30. The van der Waals surface area contributed by atoms with Crippen LogP contribution in [0.25, 0.3) is 0 Å². The van der Waals surface area contributed by atoms with E-state index in [1.165, 1.54) is 24.8 Å². The van der Waals surface area contributed by atoms with E-state index in [9.17, 15) is 13.2 Å². The molecule has 4 rings (SSSR count). The molecular formula is C20H26N4O3S. The van der Waals surface area contributed by atoms with E-state index in [0.717, 1.165) is 50.3 Å². The molecule has 1 unspecified atom stereocenters. The maximum Gasteiger partial charge on any atom is 0.253 e. The van der Waals surface area contributed by atoms with Crippen molar-refractivity contribution in [2.45, 2.75) is 55.9 Å². The van der Waals surface area contributed by atoms with Gasteiger partial charge in [0.2, 0.25) is 0 Å². The second-order valence-electron chi connectivity index (χ2n) is 7.82. The molecule has 3 heterocycles. The lowest BCUT2D eigenvalue weighted by molar-refractivity contribution is 0.0703. The first kappa shape index (κ1) is 19.1. The van der Waals surface area contributed by atoms with Gasteiger partial charge in [0, 0.05) is 43.8 Å². The van der Waals surface area contributed by atoms with Gasteiger partial charge in [-0.3, -0.25) is 4.79 Å². The first-order valence-corrected chi connectivity index (χ1v) is 11.8. The Kier molecular flexibility index (Phi) is 5.23. The minimum atomic E-state index is -3.26. The van der Waals surface area contributed by atoms with Gasteiger partial charge in [0.15, 0.2) is 9.84 Å². The molecule has 1 fully saturated rings. The van der Waals surface area contributed by atoms with Gasteiger partial charge in [0.25, 0.3) is 5.91 Å². The van der Waals surface area contributed by atoms with Gasteiger partial charge in [-0.2, -0.15) is 0 Å². The third-order valence-corrected chi connectivity index (χ3v) is 6.87. The second kappa shape index (κ2) is 7.66. The zero-order valence-corrected chi connectivity index (χ0v) is 17.0. The lowest BCUT2D eigenvalue weighted by Crippen LogP contribution is -2.39. The van der Waals surface area contributed by atoms with Crippen molar-refractivity contribution in [1.82, 2.24) is 19.7 Å². The molecule has 0 aliphatic carbocycles. The summed E-state index contributed by atoms with van der Waals surface area (Å²) < 4.78 is 25.5. The van der Waals surface area contributed by atoms with Gasteiger partial charge in [-0.1, -0.05) is 6.42 Å². The van der Waals surface area contributed by atoms with Crippen molar-refractivity contribution in [3.8, 4) is 0 Å². The normalized spacial score (nSPS) is 20.5. The summed E-state index contributed by atoms with van der Waals surface area (Å²) in [6, 6.07) is 6.21. The first-order chi connectivity index (χ1) is 13.4. The van der Waals surface area contributed by atoms with Crippen molar-refractivity contribution in [2.75, 3.05) is 19.3 Å². The number of carbonyl (C=O) groups is 1. The predicted octanol–water partition coefficient (Wildman–Crippen LogP) is 2.43. The molecule has 150 valence electrons. The summed E-state index contributed by atoms with van der Waals surface area (Å²) in [5.41, 5.74) is 0.521. The summed E-state index contributed by atoms with van der Waals surface area (Å²) in [5, 5.41) is 8.88. The number of fused-ring (bicyclic) bond motifs is 1. The van der Waals surface area contributed by atoms with E-state index < -0.39 is 9.84 Å². The average Bonchev–Trinajstić information content (AvgIpc) is 2.95. The Balaban J connectivity index is 1.51. The molecule has 0 radical (unpaired) electrons. The molecule has 8 heteroatoms. The number of rotatable bonds is 3. The van der Waals surface area contributed by atoms with Crippen LogP contribution in [0.3, 0.4) is 0 Å². The molecule has 1 amide bonds. The van der Waals surface area contributed by atoms with E-state index in [1.807, 2.05) is 4.90 Å². The Labute approximate surface area is 165 Å². The van der Waals surface area contributed by atoms with Gasteiger partial charge < -0.3 is 9.47 Å². The fourth-order valence-corrected chi connectivity index (χ4v) is 4.84. The van der Waals surface area contributed by atoms with Crippen LogP contribution in [0.5, 0.6) is 0 Å². The van der Waals surface area contributed by atoms with Gasteiger partial charge in [0.1, 0.15) is 11.6 Å². The summed E-state index contributed by atoms with van der Waals surface area (Å²) in [4.78, 5) is 15.0. The van der Waals surface area contributed by atoms with E-state index in [1.54, 1.807) is 12.1 Å². The van der Waals surface area contributed by atoms with Crippen LogP contribution in [0.4, 0.5) is 0 Å². The SMILES string of the molecule is CS(=O)(=O)c1ccc(C(=O)N2CCCC(c3nnc4n3CCCCC4)C2)cc1. The number of piperidine rings is 1. The van der Waals surface area contributed by atoms with Gasteiger partial charge in [-0.25, -0.2) is 8.42 Å². The van der Waals surface area contributed by atoms with Crippen LogP contribution in [0.15, 0.2) is 29.2 Å². The van der Waals surface area contributed by atoms with Crippen molar-refractivity contribution in [2.24, 2.45) is 0 Å². The Hall–Kier alpha value is -2.22. The molecule has 1 aromatic carbocycles. The van der Waals surface area contributed by atoms with Crippen molar-refractivity contribution in [1.29, 1.82) is 0 Å². The Morgan fingerprint density at radius 2 is 1.82 bits per heavy atom. The summed E-state index contributed by atoms with van der Waals surface area (Å²) in [7, 11) is -3.26. The highest BCUT2D eigenvalue weighted by molar-refractivity contribution is 7.90. The third kappa shape index (κ3) is 3.83. The smallest absolute Gasteiger partial charge is 0.253 e. The van der Waals surface area contributed by atoms with Crippen LogP contribution in [-0.2, 0) is 22.8 Å². The number of hydrogen-bond donors (Lipinski definition) is 0. The maximum absolute atomic E-state index is 13.0. The third-order valence-electron chi connectivity index (χ3n) is 5.74. The van der Waals surface area contributed by atoms with Crippen LogP contribution in [0.1, 0.15) is 60.0 Å². The maximum atomic E-state index is 13.0. The molecule has 7 nitrogen and oxygen atoms in total. The molecule has 0 N–H and O–H groups in total. The Bertz CT molecular complexity index is 966. The highest BCUT2D eigenvalue weighted by Crippen LogP contribution is 2.29. The second-order valence-corrected chi connectivity index (χ2v) is 9.84. The largest absolute Gasteiger partial charge is 0.338 e. The minimum absolute atomic E-state index is 0.0552. The molecular weight excluding hydrogens is 376 g/mol. The van der Waals surface area contributed by atoms with Gasteiger partial charge in [0.05, 0.1) is 4.90 Å². The summed E-state index contributed by atoms with van der Waals surface area (Å²) in [6.45, 7) is 2.31. The van der Waals surface area contributed by atoms with Crippen molar-refractivity contribution >= 4 is 15.7 Å². The molecule has 0 spiro atoms. The zero-order chi connectivity index (χ0) is 19.7. The quantitative estimate of drug-likeness (QED) is 0.787. The van der Waals surface area contributed by atoms with Gasteiger partial charge >= 0.3 is 0 Å². The molecule has 28 heavy (non-hydrogen) atoms. The number of sulfone groups is 1. The number of nitrogens with zero attached hydrogens (tertiary/aromatic N) is 4. The molecule has 2 aromatic rings. The molecule has 0 saturated carbocycles. The summed E-state index contributed by atoms with van der Waals surface area (Å²) in [6.07, 6.45) is 7.63. The standard InChI is InChI=1S/C20H26N4O3S/c1-28(26,27)17-10-8-15(9-11-17)20(25)23-12-5-6-16(14-23)19-22-21-18-7-3-2-4-13-24(18)19/h8-11,16H,2-7,12-14H2,1H3. The summed E-state index contributed by atoms with van der Waals surface area (Å²) >= 11 is 0. The number of benzene rings is 1.